The molecule has 0 aliphatic carbocycles. The van der Waals surface area contributed by atoms with Gasteiger partial charge in [0.15, 0.2) is 0 Å². The summed E-state index contributed by atoms with van der Waals surface area (Å²) >= 11 is 0. The van der Waals surface area contributed by atoms with E-state index in [0.29, 0.717) is 26.1 Å². The van der Waals surface area contributed by atoms with Gasteiger partial charge >= 0.3 is 5.97 Å². The fourth-order valence-corrected chi connectivity index (χ4v) is 3.77. The van der Waals surface area contributed by atoms with Gasteiger partial charge < -0.3 is 9.64 Å². The van der Waals surface area contributed by atoms with Crippen LogP contribution in [0.2, 0.25) is 0 Å². The van der Waals surface area contributed by atoms with Gasteiger partial charge in [-0.15, -0.1) is 0 Å². The highest BCUT2D eigenvalue weighted by molar-refractivity contribution is 5.83. The van der Waals surface area contributed by atoms with Crippen LogP contribution in [0.25, 0.3) is 0 Å². The Morgan fingerprint density at radius 1 is 1.23 bits per heavy atom. The van der Waals surface area contributed by atoms with E-state index in [2.05, 4.69) is 42.9 Å². The molecule has 0 radical (unpaired) electrons. The van der Waals surface area contributed by atoms with Crippen LogP contribution < -0.4 is 10.9 Å². The summed E-state index contributed by atoms with van der Waals surface area (Å²) in [5, 5.41) is 0. The second-order valence-electron chi connectivity index (χ2n) is 7.35. The highest BCUT2D eigenvalue weighted by Gasteiger charge is 2.36. The largest absolute Gasteiger partial charge is 0.466 e. The van der Waals surface area contributed by atoms with Crippen molar-refractivity contribution in [1.82, 2.24) is 15.8 Å². The van der Waals surface area contributed by atoms with Crippen LogP contribution in [0.3, 0.4) is 0 Å². The number of hydrazine groups is 1. The van der Waals surface area contributed by atoms with Gasteiger partial charge in [-0.25, -0.2) is 10.9 Å². The van der Waals surface area contributed by atoms with Crippen LogP contribution in [0.1, 0.15) is 48.9 Å². The molecule has 6 heteroatoms. The van der Waals surface area contributed by atoms with E-state index in [0.717, 1.165) is 12.8 Å². The van der Waals surface area contributed by atoms with Gasteiger partial charge in [-0.1, -0.05) is 18.2 Å². The fraction of sp³-hybridized carbons (Fsp3) is 0.600. The van der Waals surface area contributed by atoms with E-state index in [1.54, 1.807) is 0 Å². The van der Waals surface area contributed by atoms with Crippen molar-refractivity contribution < 1.29 is 14.3 Å². The number of likely N-dealkylation sites (tertiary alicyclic amines) is 1. The van der Waals surface area contributed by atoms with Crippen LogP contribution in [0.4, 0.5) is 0 Å². The minimum atomic E-state index is -0.262. The second-order valence-corrected chi connectivity index (χ2v) is 7.35. The molecule has 2 aliphatic heterocycles. The van der Waals surface area contributed by atoms with Crippen molar-refractivity contribution in [3.05, 3.63) is 34.9 Å². The lowest BCUT2D eigenvalue weighted by Crippen LogP contribution is -2.50. The zero-order chi connectivity index (χ0) is 18.7. The summed E-state index contributed by atoms with van der Waals surface area (Å²) in [4.78, 5) is 26.7. The maximum Gasteiger partial charge on any atom is 0.310 e. The molecule has 3 atom stereocenters. The Morgan fingerprint density at radius 3 is 2.77 bits per heavy atom. The number of carbonyl (C=O) groups is 2. The van der Waals surface area contributed by atoms with Crippen LogP contribution in [-0.4, -0.2) is 42.5 Å². The quantitative estimate of drug-likeness (QED) is 0.805. The summed E-state index contributed by atoms with van der Waals surface area (Å²) in [5.41, 5.74) is 10.1. The molecule has 2 aliphatic rings. The van der Waals surface area contributed by atoms with Gasteiger partial charge in [-0.05, 0) is 56.7 Å². The molecule has 6 nitrogen and oxygen atoms in total. The molecular formula is C20H29N3O3. The number of esters is 1. The molecule has 0 aromatic heterocycles. The highest BCUT2D eigenvalue weighted by atomic mass is 16.5. The molecule has 2 saturated heterocycles. The van der Waals surface area contributed by atoms with Crippen molar-refractivity contribution in [2.75, 3.05) is 19.7 Å². The Hall–Kier alpha value is -1.92. The topological polar surface area (TPSA) is 70.7 Å². The average Bonchev–Trinajstić information content (AvgIpc) is 3.14. The van der Waals surface area contributed by atoms with Crippen LogP contribution in [0.15, 0.2) is 18.2 Å². The molecule has 1 aromatic carbocycles. The number of benzene rings is 1. The smallest absolute Gasteiger partial charge is 0.310 e. The Balaban J connectivity index is 1.60. The molecule has 1 aromatic rings. The summed E-state index contributed by atoms with van der Waals surface area (Å²) in [6.45, 7) is 7.57. The molecule has 2 heterocycles. The van der Waals surface area contributed by atoms with Gasteiger partial charge in [0.1, 0.15) is 6.04 Å². The Bertz CT molecular complexity index is 676. The summed E-state index contributed by atoms with van der Waals surface area (Å²) in [6.07, 6.45) is 2.35. The third kappa shape index (κ3) is 4.07. The van der Waals surface area contributed by atoms with E-state index in [1.165, 1.54) is 16.7 Å². The molecule has 0 spiro atoms. The van der Waals surface area contributed by atoms with Crippen molar-refractivity contribution >= 4 is 11.9 Å². The van der Waals surface area contributed by atoms with Gasteiger partial charge in [-0.3, -0.25) is 9.59 Å². The van der Waals surface area contributed by atoms with E-state index in [-0.39, 0.29) is 29.9 Å². The first-order chi connectivity index (χ1) is 12.5. The first-order valence-electron chi connectivity index (χ1n) is 9.53. The zero-order valence-electron chi connectivity index (χ0n) is 15.9. The predicted octanol–water partition coefficient (Wildman–Crippen LogP) is 2.01. The van der Waals surface area contributed by atoms with E-state index in [1.807, 2.05) is 11.8 Å². The number of hydrogen-bond acceptors (Lipinski definition) is 5. The van der Waals surface area contributed by atoms with Crippen molar-refractivity contribution in [3.63, 3.8) is 0 Å². The number of aryl methyl sites for hydroxylation is 2. The van der Waals surface area contributed by atoms with E-state index < -0.39 is 0 Å². The minimum Gasteiger partial charge on any atom is -0.466 e. The lowest BCUT2D eigenvalue weighted by molar-refractivity contribution is -0.151. The number of piperidine rings is 1. The summed E-state index contributed by atoms with van der Waals surface area (Å²) in [5.74, 6) is -0.314. The first-order valence-corrected chi connectivity index (χ1v) is 9.53. The monoisotopic (exact) mass is 359 g/mol. The van der Waals surface area contributed by atoms with E-state index in [9.17, 15) is 9.59 Å². The van der Waals surface area contributed by atoms with Gasteiger partial charge in [0.05, 0.1) is 12.5 Å². The normalized spacial score (nSPS) is 26.0. The molecule has 3 rings (SSSR count). The van der Waals surface area contributed by atoms with E-state index >= 15 is 0 Å². The Morgan fingerprint density at radius 2 is 2.04 bits per heavy atom. The highest BCUT2D eigenvalue weighted by Crippen LogP contribution is 2.26. The molecule has 142 valence electrons. The summed E-state index contributed by atoms with van der Waals surface area (Å²) in [6, 6.07) is 6.28. The van der Waals surface area contributed by atoms with Gasteiger partial charge in [-0.2, -0.15) is 0 Å². The number of hydrogen-bond donors (Lipinski definition) is 2. The number of carbonyl (C=O) groups excluding carboxylic acids is 2. The average molecular weight is 359 g/mol. The van der Waals surface area contributed by atoms with Gasteiger partial charge in [0, 0.05) is 19.1 Å². The Labute approximate surface area is 155 Å². The third-order valence-corrected chi connectivity index (χ3v) is 5.49. The number of rotatable bonds is 4. The number of amides is 1. The lowest BCUT2D eigenvalue weighted by Gasteiger charge is -2.33. The van der Waals surface area contributed by atoms with Crippen molar-refractivity contribution in [3.8, 4) is 0 Å². The zero-order valence-corrected chi connectivity index (χ0v) is 15.9. The molecule has 2 N–H and O–H groups in total. The van der Waals surface area contributed by atoms with Gasteiger partial charge in [0.2, 0.25) is 5.91 Å². The summed E-state index contributed by atoms with van der Waals surface area (Å²) < 4.78 is 5.13. The second kappa shape index (κ2) is 8.18. The number of ether oxygens (including phenoxy) is 1. The molecule has 1 amide bonds. The predicted molar refractivity (Wildman–Crippen MR) is 99.3 cm³/mol. The Kier molecular flexibility index (Phi) is 5.94. The molecule has 26 heavy (non-hydrogen) atoms. The molecule has 0 bridgehead atoms. The van der Waals surface area contributed by atoms with Crippen molar-refractivity contribution in [1.29, 1.82) is 0 Å². The third-order valence-electron chi connectivity index (χ3n) is 5.49. The fourth-order valence-electron chi connectivity index (χ4n) is 3.77. The summed E-state index contributed by atoms with van der Waals surface area (Å²) in [7, 11) is 0. The first kappa shape index (κ1) is 18.9. The van der Waals surface area contributed by atoms with Gasteiger partial charge in [0.25, 0.3) is 0 Å². The maximum atomic E-state index is 12.9. The lowest BCUT2D eigenvalue weighted by atomic mass is 9.95. The van der Waals surface area contributed by atoms with Crippen LogP contribution in [-0.2, 0) is 14.3 Å². The number of nitrogens with zero attached hydrogens (tertiary/aromatic N) is 1. The SMILES string of the molecule is CCOC(=O)C1CCCN(C(=O)C2CC(c3ccc(C)c(C)c3)NN2)C1. The standard InChI is InChI=1S/C20H29N3O3/c1-4-26-20(25)16-6-5-9-23(12-16)19(24)18-11-17(21-22-18)15-8-7-13(2)14(3)10-15/h7-8,10,16-18,21-22H,4-6,9,11-12H2,1-3H3. The van der Waals surface area contributed by atoms with E-state index in [4.69, 9.17) is 4.74 Å². The number of nitrogens with one attached hydrogen (secondary N) is 2. The molecule has 0 saturated carbocycles. The minimum absolute atomic E-state index is 0.0674. The van der Waals surface area contributed by atoms with Crippen molar-refractivity contribution in [2.24, 2.45) is 5.92 Å². The maximum absolute atomic E-state index is 12.9. The molecule has 3 unspecified atom stereocenters. The van der Waals surface area contributed by atoms with Crippen molar-refractivity contribution in [2.45, 2.75) is 52.1 Å². The van der Waals surface area contributed by atoms with Crippen LogP contribution in [0, 0.1) is 19.8 Å². The molecular weight excluding hydrogens is 330 g/mol. The molecule has 2 fully saturated rings. The van der Waals surface area contributed by atoms with Crippen LogP contribution >= 0.6 is 0 Å². The van der Waals surface area contributed by atoms with Crippen LogP contribution in [0.5, 0.6) is 0 Å².